The fourth-order valence-corrected chi connectivity index (χ4v) is 3.74. The average Bonchev–Trinajstić information content (AvgIpc) is 2.44. The van der Waals surface area contributed by atoms with Crippen LogP contribution < -0.4 is 10.0 Å². The van der Waals surface area contributed by atoms with Gasteiger partial charge in [-0.3, -0.25) is 0 Å². The van der Waals surface area contributed by atoms with Crippen LogP contribution in [0.3, 0.4) is 0 Å². The van der Waals surface area contributed by atoms with Crippen LogP contribution in [0.25, 0.3) is 0 Å². The predicted molar refractivity (Wildman–Crippen MR) is 86.2 cm³/mol. The van der Waals surface area contributed by atoms with E-state index in [9.17, 15) is 12.8 Å². The van der Waals surface area contributed by atoms with Crippen LogP contribution in [0.2, 0.25) is 0 Å². The van der Waals surface area contributed by atoms with E-state index in [-0.39, 0.29) is 4.90 Å². The number of nitrogens with one attached hydrogen (secondary N) is 2. The smallest absolute Gasteiger partial charge is 0.243 e. The Morgan fingerprint density at radius 3 is 2.57 bits per heavy atom. The van der Waals surface area contributed by atoms with Crippen molar-refractivity contribution in [2.45, 2.75) is 44.6 Å². The van der Waals surface area contributed by atoms with Crippen molar-refractivity contribution in [3.05, 3.63) is 28.0 Å². The maximum atomic E-state index is 14.4. The Kier molecular flexibility index (Phi) is 7.79. The summed E-state index contributed by atoms with van der Waals surface area (Å²) in [6, 6.07) is 2.89. The molecule has 0 radical (unpaired) electrons. The quantitative estimate of drug-likeness (QED) is 0.646. The van der Waals surface area contributed by atoms with Crippen LogP contribution in [0.15, 0.2) is 21.5 Å². The minimum Gasteiger partial charge on any atom is -0.313 e. The standard InChI is InChI=1S/C14H22BrFN2O2S/c1-3-5-6-7-18-21(19,20)13-9-12(15)8-11(14(13)16)10-17-4-2/h8-9,17-18H,3-7,10H2,1-2H3. The third-order valence-electron chi connectivity index (χ3n) is 3.01. The first kappa shape index (κ1) is 18.5. The number of benzene rings is 1. The second kappa shape index (κ2) is 8.82. The van der Waals surface area contributed by atoms with Gasteiger partial charge in [0.1, 0.15) is 10.7 Å². The van der Waals surface area contributed by atoms with Crippen LogP contribution in [0.5, 0.6) is 0 Å². The maximum Gasteiger partial charge on any atom is 0.243 e. The Morgan fingerprint density at radius 2 is 1.95 bits per heavy atom. The topological polar surface area (TPSA) is 58.2 Å². The van der Waals surface area contributed by atoms with Crippen molar-refractivity contribution in [3.8, 4) is 0 Å². The van der Waals surface area contributed by atoms with Crippen LogP contribution in [-0.2, 0) is 16.6 Å². The molecular weight excluding hydrogens is 359 g/mol. The summed E-state index contributed by atoms with van der Waals surface area (Å²) in [6.45, 7) is 5.24. The Balaban J connectivity index is 2.97. The molecule has 0 amide bonds. The lowest BCUT2D eigenvalue weighted by Crippen LogP contribution is -2.26. The van der Waals surface area contributed by atoms with E-state index in [1.54, 1.807) is 6.07 Å². The number of sulfonamides is 1. The summed E-state index contributed by atoms with van der Waals surface area (Å²) in [6.07, 6.45) is 2.69. The highest BCUT2D eigenvalue weighted by Gasteiger charge is 2.21. The van der Waals surface area contributed by atoms with Gasteiger partial charge < -0.3 is 5.32 Å². The first-order valence-electron chi connectivity index (χ1n) is 7.10. The average molecular weight is 381 g/mol. The fraction of sp³-hybridized carbons (Fsp3) is 0.571. The van der Waals surface area contributed by atoms with Crippen molar-refractivity contribution in [2.75, 3.05) is 13.1 Å². The fourth-order valence-electron chi connectivity index (χ4n) is 1.86. The van der Waals surface area contributed by atoms with Crippen molar-refractivity contribution in [2.24, 2.45) is 0 Å². The van der Waals surface area contributed by atoms with E-state index in [1.807, 2.05) is 13.8 Å². The largest absolute Gasteiger partial charge is 0.313 e. The summed E-state index contributed by atoms with van der Waals surface area (Å²) in [7, 11) is -3.82. The second-order valence-corrected chi connectivity index (χ2v) is 7.41. The van der Waals surface area contributed by atoms with Gasteiger partial charge in [0.25, 0.3) is 0 Å². The molecule has 120 valence electrons. The van der Waals surface area contributed by atoms with E-state index >= 15 is 0 Å². The molecule has 0 spiro atoms. The molecule has 21 heavy (non-hydrogen) atoms. The van der Waals surface area contributed by atoms with Gasteiger partial charge in [0, 0.05) is 23.1 Å². The Morgan fingerprint density at radius 1 is 1.24 bits per heavy atom. The summed E-state index contributed by atoms with van der Waals surface area (Å²) >= 11 is 3.24. The molecule has 2 N–H and O–H groups in total. The van der Waals surface area contributed by atoms with Crippen LogP contribution in [0, 0.1) is 5.82 Å². The maximum absolute atomic E-state index is 14.4. The molecule has 1 rings (SSSR count). The summed E-state index contributed by atoms with van der Waals surface area (Å²) in [5.41, 5.74) is 0.333. The van der Waals surface area contributed by atoms with Crippen molar-refractivity contribution < 1.29 is 12.8 Å². The van der Waals surface area contributed by atoms with Crippen molar-refractivity contribution in [1.29, 1.82) is 0 Å². The zero-order chi connectivity index (χ0) is 15.9. The molecule has 0 unspecified atom stereocenters. The van der Waals surface area contributed by atoms with Crippen molar-refractivity contribution in [1.82, 2.24) is 10.0 Å². The summed E-state index contributed by atoms with van der Waals surface area (Å²) < 4.78 is 41.8. The molecule has 0 saturated carbocycles. The molecule has 0 aliphatic rings. The van der Waals surface area contributed by atoms with Gasteiger partial charge in [-0.25, -0.2) is 17.5 Å². The summed E-state index contributed by atoms with van der Waals surface area (Å²) in [5, 5.41) is 3.00. The van der Waals surface area contributed by atoms with Crippen LogP contribution in [0.1, 0.15) is 38.7 Å². The molecule has 0 fully saturated rings. The first-order valence-corrected chi connectivity index (χ1v) is 9.38. The van der Waals surface area contributed by atoms with Gasteiger partial charge in [-0.05, 0) is 25.1 Å². The molecule has 0 bridgehead atoms. The lowest BCUT2D eigenvalue weighted by Gasteiger charge is -2.12. The van der Waals surface area contributed by atoms with Crippen molar-refractivity contribution in [3.63, 3.8) is 0 Å². The van der Waals surface area contributed by atoms with Crippen LogP contribution in [-0.4, -0.2) is 21.5 Å². The van der Waals surface area contributed by atoms with Crippen molar-refractivity contribution >= 4 is 26.0 Å². The van der Waals surface area contributed by atoms with Gasteiger partial charge >= 0.3 is 0 Å². The summed E-state index contributed by atoms with van der Waals surface area (Å²) in [5.74, 6) is -0.692. The van der Waals surface area contributed by atoms with E-state index in [0.717, 1.165) is 19.3 Å². The zero-order valence-corrected chi connectivity index (χ0v) is 14.8. The van der Waals surface area contributed by atoms with Gasteiger partial charge in [-0.15, -0.1) is 0 Å². The first-order chi connectivity index (χ1) is 9.92. The highest BCUT2D eigenvalue weighted by atomic mass is 79.9. The Labute approximate surface area is 134 Å². The third kappa shape index (κ3) is 5.65. The van der Waals surface area contributed by atoms with Crippen LogP contribution in [0.4, 0.5) is 4.39 Å². The van der Waals surface area contributed by atoms with E-state index in [0.29, 0.717) is 29.7 Å². The van der Waals surface area contributed by atoms with E-state index in [2.05, 4.69) is 26.0 Å². The normalized spacial score (nSPS) is 11.8. The van der Waals surface area contributed by atoms with E-state index in [1.165, 1.54) is 6.07 Å². The molecule has 0 aromatic heterocycles. The molecule has 1 aromatic carbocycles. The second-order valence-electron chi connectivity index (χ2n) is 4.76. The minimum atomic E-state index is -3.82. The highest BCUT2D eigenvalue weighted by molar-refractivity contribution is 9.10. The molecule has 7 heteroatoms. The number of halogens is 2. The highest BCUT2D eigenvalue weighted by Crippen LogP contribution is 2.24. The number of hydrogen-bond acceptors (Lipinski definition) is 3. The Bertz CT molecular complexity index is 564. The third-order valence-corrected chi connectivity index (χ3v) is 4.92. The number of hydrogen-bond donors (Lipinski definition) is 2. The molecule has 1 aromatic rings. The molecule has 4 nitrogen and oxygen atoms in total. The van der Waals surface area contributed by atoms with Gasteiger partial charge in [0.15, 0.2) is 0 Å². The van der Waals surface area contributed by atoms with Gasteiger partial charge in [0.2, 0.25) is 10.0 Å². The Hall–Kier alpha value is -0.500. The molecular formula is C14H22BrFN2O2S. The van der Waals surface area contributed by atoms with Gasteiger partial charge in [-0.2, -0.15) is 0 Å². The molecule has 0 atom stereocenters. The van der Waals surface area contributed by atoms with Crippen LogP contribution >= 0.6 is 15.9 Å². The summed E-state index contributed by atoms with van der Waals surface area (Å²) in [4.78, 5) is -0.304. The minimum absolute atomic E-state index is 0.292. The molecule has 0 aliphatic heterocycles. The molecule has 0 saturated heterocycles. The van der Waals surface area contributed by atoms with Gasteiger partial charge in [-0.1, -0.05) is 42.6 Å². The lowest BCUT2D eigenvalue weighted by atomic mass is 10.2. The molecule has 0 heterocycles. The van der Waals surface area contributed by atoms with Gasteiger partial charge in [0.05, 0.1) is 0 Å². The SMILES string of the molecule is CCCCCNS(=O)(=O)c1cc(Br)cc(CNCC)c1F. The number of rotatable bonds is 9. The monoisotopic (exact) mass is 380 g/mol. The molecule has 0 aliphatic carbocycles. The van der Waals surface area contributed by atoms with E-state index < -0.39 is 15.8 Å². The lowest BCUT2D eigenvalue weighted by molar-refractivity contribution is 0.541. The zero-order valence-electron chi connectivity index (χ0n) is 12.4. The number of unbranched alkanes of at least 4 members (excludes halogenated alkanes) is 2. The van der Waals surface area contributed by atoms with E-state index in [4.69, 9.17) is 0 Å². The predicted octanol–water partition coefficient (Wildman–Crippen LogP) is 3.17.